The number of carbonyl (C=O) groups is 1. The molecule has 1 N–H and O–H groups in total. The number of likely N-dealkylation sites (tertiary alicyclic amines) is 1. The summed E-state index contributed by atoms with van der Waals surface area (Å²) in [5.74, 6) is 1.06. The lowest BCUT2D eigenvalue weighted by molar-refractivity contribution is -0.0104. The minimum atomic E-state index is -0.0750. The van der Waals surface area contributed by atoms with E-state index in [2.05, 4.69) is 15.5 Å². The second-order valence-corrected chi connectivity index (χ2v) is 4.98. The fraction of sp³-hybridized carbons (Fsp3) is 0.769. The van der Waals surface area contributed by atoms with Crippen LogP contribution in [0.25, 0.3) is 0 Å². The van der Waals surface area contributed by atoms with Crippen LogP contribution in [-0.2, 0) is 16.1 Å². The lowest BCUT2D eigenvalue weighted by Crippen LogP contribution is -2.48. The summed E-state index contributed by atoms with van der Waals surface area (Å²) in [7, 11) is 1.61. The van der Waals surface area contributed by atoms with E-state index in [-0.39, 0.29) is 18.7 Å². The quantitative estimate of drug-likeness (QED) is 0.778. The molecule has 0 radical (unpaired) electrons. The van der Waals surface area contributed by atoms with Crippen molar-refractivity contribution in [2.75, 3.05) is 33.4 Å². The average molecular weight is 298 g/mol. The Kier molecular flexibility index (Phi) is 5.94. The molecule has 118 valence electrons. The minimum Gasteiger partial charge on any atom is -0.383 e. The highest BCUT2D eigenvalue weighted by atomic mass is 16.5. The third-order valence-corrected chi connectivity index (χ3v) is 3.26. The van der Waals surface area contributed by atoms with Gasteiger partial charge in [-0.05, 0) is 19.8 Å². The van der Waals surface area contributed by atoms with Crippen LogP contribution in [0.1, 0.15) is 24.6 Å². The number of amides is 2. The van der Waals surface area contributed by atoms with Gasteiger partial charge in [-0.15, -0.1) is 0 Å². The molecule has 0 bridgehead atoms. The molecular formula is C13H22N4O4. The highest BCUT2D eigenvalue weighted by molar-refractivity contribution is 5.74. The van der Waals surface area contributed by atoms with Gasteiger partial charge in [0.2, 0.25) is 0 Å². The van der Waals surface area contributed by atoms with E-state index in [1.54, 1.807) is 18.9 Å². The first kappa shape index (κ1) is 15.7. The van der Waals surface area contributed by atoms with Crippen molar-refractivity contribution in [1.29, 1.82) is 0 Å². The van der Waals surface area contributed by atoms with Crippen LogP contribution in [-0.4, -0.2) is 60.5 Å². The third kappa shape index (κ3) is 4.98. The zero-order chi connectivity index (χ0) is 15.1. The Bertz CT molecular complexity index is 451. The molecule has 2 rings (SSSR count). The summed E-state index contributed by atoms with van der Waals surface area (Å²) in [5.41, 5.74) is 0. The highest BCUT2D eigenvalue weighted by Crippen LogP contribution is 2.14. The number of nitrogens with zero attached hydrogens (tertiary/aromatic N) is 3. The molecule has 1 aromatic rings. The lowest BCUT2D eigenvalue weighted by atomic mass is 10.1. The predicted octanol–water partition coefficient (Wildman–Crippen LogP) is 0.715. The van der Waals surface area contributed by atoms with Crippen molar-refractivity contribution in [2.24, 2.45) is 0 Å². The summed E-state index contributed by atoms with van der Waals surface area (Å²) in [4.78, 5) is 17.8. The number of aromatic nitrogens is 2. The number of aryl methyl sites for hydroxylation is 1. The van der Waals surface area contributed by atoms with Crippen LogP contribution in [0.4, 0.5) is 4.79 Å². The summed E-state index contributed by atoms with van der Waals surface area (Å²) >= 11 is 0. The molecule has 8 heteroatoms. The summed E-state index contributed by atoms with van der Waals surface area (Å²) < 4.78 is 15.7. The summed E-state index contributed by atoms with van der Waals surface area (Å²) in [5, 5.41) is 6.53. The summed E-state index contributed by atoms with van der Waals surface area (Å²) in [6.45, 7) is 4.39. The molecular weight excluding hydrogens is 276 g/mol. The molecule has 0 aliphatic carbocycles. The number of rotatable bonds is 6. The number of urea groups is 1. The molecule has 0 spiro atoms. The monoisotopic (exact) mass is 298 g/mol. The Morgan fingerprint density at radius 1 is 1.57 bits per heavy atom. The molecule has 2 heterocycles. The Morgan fingerprint density at radius 3 is 3.14 bits per heavy atom. The molecule has 0 saturated carbocycles. The Morgan fingerprint density at radius 2 is 2.43 bits per heavy atom. The fourth-order valence-electron chi connectivity index (χ4n) is 2.22. The van der Waals surface area contributed by atoms with Gasteiger partial charge in [-0.3, -0.25) is 0 Å². The van der Waals surface area contributed by atoms with Crippen LogP contribution < -0.4 is 5.32 Å². The van der Waals surface area contributed by atoms with Crippen molar-refractivity contribution in [3.8, 4) is 0 Å². The minimum absolute atomic E-state index is 0.000804. The van der Waals surface area contributed by atoms with E-state index in [1.165, 1.54) is 0 Å². The van der Waals surface area contributed by atoms with Gasteiger partial charge >= 0.3 is 6.03 Å². The van der Waals surface area contributed by atoms with Gasteiger partial charge in [-0.25, -0.2) is 4.79 Å². The van der Waals surface area contributed by atoms with Crippen LogP contribution in [0.2, 0.25) is 0 Å². The molecule has 1 aliphatic heterocycles. The number of nitrogens with one attached hydrogen (secondary N) is 1. The van der Waals surface area contributed by atoms with Crippen LogP contribution in [0.15, 0.2) is 4.52 Å². The van der Waals surface area contributed by atoms with Crippen LogP contribution in [0, 0.1) is 6.92 Å². The predicted molar refractivity (Wildman–Crippen MR) is 73.7 cm³/mol. The zero-order valence-electron chi connectivity index (χ0n) is 12.5. The zero-order valence-corrected chi connectivity index (χ0v) is 12.5. The first-order chi connectivity index (χ1) is 10.2. The van der Waals surface area contributed by atoms with E-state index in [9.17, 15) is 4.79 Å². The van der Waals surface area contributed by atoms with E-state index in [0.29, 0.717) is 31.4 Å². The maximum absolute atomic E-state index is 12.0. The Balaban J connectivity index is 1.73. The lowest BCUT2D eigenvalue weighted by Gasteiger charge is -2.32. The molecule has 21 heavy (non-hydrogen) atoms. The number of carbonyl (C=O) groups excluding carboxylic acids is 1. The van der Waals surface area contributed by atoms with Crippen molar-refractivity contribution >= 4 is 6.03 Å². The number of ether oxygens (including phenoxy) is 2. The Hall–Kier alpha value is -1.67. The van der Waals surface area contributed by atoms with Gasteiger partial charge in [0, 0.05) is 26.7 Å². The molecule has 1 fully saturated rings. The van der Waals surface area contributed by atoms with Crippen molar-refractivity contribution in [3.63, 3.8) is 0 Å². The van der Waals surface area contributed by atoms with Gasteiger partial charge < -0.3 is 24.2 Å². The molecule has 1 atom stereocenters. The van der Waals surface area contributed by atoms with Gasteiger partial charge in [0.25, 0.3) is 5.89 Å². The van der Waals surface area contributed by atoms with Crippen LogP contribution in [0.5, 0.6) is 0 Å². The van der Waals surface area contributed by atoms with Gasteiger partial charge in [-0.1, -0.05) is 5.16 Å². The van der Waals surface area contributed by atoms with Crippen molar-refractivity contribution in [2.45, 2.75) is 32.5 Å². The van der Waals surface area contributed by atoms with Crippen molar-refractivity contribution < 1.29 is 18.8 Å². The first-order valence-corrected chi connectivity index (χ1v) is 7.11. The second-order valence-electron chi connectivity index (χ2n) is 4.98. The molecule has 1 saturated heterocycles. The third-order valence-electron chi connectivity index (χ3n) is 3.26. The molecule has 8 nitrogen and oxygen atoms in total. The first-order valence-electron chi connectivity index (χ1n) is 7.11. The van der Waals surface area contributed by atoms with Gasteiger partial charge in [-0.2, -0.15) is 4.98 Å². The average Bonchev–Trinajstić information content (AvgIpc) is 2.91. The number of hydrogen-bond donors (Lipinski definition) is 1. The van der Waals surface area contributed by atoms with E-state index in [0.717, 1.165) is 19.4 Å². The molecule has 1 unspecified atom stereocenters. The van der Waals surface area contributed by atoms with Crippen LogP contribution in [0.3, 0.4) is 0 Å². The summed E-state index contributed by atoms with van der Waals surface area (Å²) in [6.07, 6.45) is 1.85. The van der Waals surface area contributed by atoms with Gasteiger partial charge in [0.05, 0.1) is 12.7 Å². The highest BCUT2D eigenvalue weighted by Gasteiger charge is 2.24. The van der Waals surface area contributed by atoms with E-state index in [4.69, 9.17) is 14.0 Å². The van der Waals surface area contributed by atoms with E-state index < -0.39 is 0 Å². The maximum Gasteiger partial charge on any atom is 0.317 e. The van der Waals surface area contributed by atoms with Gasteiger partial charge in [0.15, 0.2) is 5.82 Å². The van der Waals surface area contributed by atoms with Gasteiger partial charge in [0.1, 0.15) is 6.61 Å². The largest absolute Gasteiger partial charge is 0.383 e. The topological polar surface area (TPSA) is 89.7 Å². The van der Waals surface area contributed by atoms with Crippen molar-refractivity contribution in [1.82, 2.24) is 20.4 Å². The van der Waals surface area contributed by atoms with Crippen LogP contribution >= 0.6 is 0 Å². The smallest absolute Gasteiger partial charge is 0.317 e. The Labute approximate surface area is 123 Å². The molecule has 2 amide bonds. The fourth-order valence-corrected chi connectivity index (χ4v) is 2.22. The number of hydrogen-bond acceptors (Lipinski definition) is 6. The maximum atomic E-state index is 12.0. The second kappa shape index (κ2) is 7.94. The van der Waals surface area contributed by atoms with E-state index in [1.807, 2.05) is 0 Å². The normalized spacial score (nSPS) is 18.8. The molecule has 1 aliphatic rings. The van der Waals surface area contributed by atoms with E-state index >= 15 is 0 Å². The number of piperidine rings is 1. The molecule has 1 aromatic heterocycles. The number of methoxy groups -OCH3 is 1. The van der Waals surface area contributed by atoms with Crippen molar-refractivity contribution in [3.05, 3.63) is 11.7 Å². The summed E-state index contributed by atoms with van der Waals surface area (Å²) in [6, 6.07) is -0.0750. The SMILES string of the molecule is COCCNC(=O)N1CCCC(OCc2nc(C)no2)C1. The molecule has 0 aromatic carbocycles. The standard InChI is InChI=1S/C13H22N4O4/c1-10-15-12(21-16-10)9-20-11-4-3-6-17(8-11)13(18)14-5-7-19-2/h11H,3-9H2,1-2H3,(H,14,18).